The molecule has 12 heavy (non-hydrogen) atoms. The monoisotopic (exact) mass is 171 g/mol. The van der Waals surface area contributed by atoms with Crippen molar-refractivity contribution in [2.24, 2.45) is 5.92 Å². The zero-order valence-electron chi connectivity index (χ0n) is 8.04. The van der Waals surface area contributed by atoms with Crippen molar-refractivity contribution in [3.05, 3.63) is 0 Å². The smallest absolute Gasteiger partial charge is 0.227 e. The van der Waals surface area contributed by atoms with E-state index in [-0.39, 0.29) is 18.1 Å². The summed E-state index contributed by atoms with van der Waals surface area (Å²) in [5, 5.41) is 0. The largest absolute Gasteiger partial charge is 0.362 e. The van der Waals surface area contributed by atoms with Crippen LogP contribution in [0.3, 0.4) is 0 Å². The van der Waals surface area contributed by atoms with E-state index in [4.69, 9.17) is 4.74 Å². The predicted octanol–water partition coefficient (Wildman–Crippen LogP) is 1.24. The summed E-state index contributed by atoms with van der Waals surface area (Å²) in [6, 6.07) is 0. The van der Waals surface area contributed by atoms with Crippen molar-refractivity contribution in [2.45, 2.75) is 32.9 Å². The number of hydrogen-bond acceptors (Lipinski definition) is 2. The van der Waals surface area contributed by atoms with Crippen LogP contribution in [0.15, 0.2) is 0 Å². The summed E-state index contributed by atoms with van der Waals surface area (Å²) in [5.74, 6) is 0.292. The minimum atomic E-state index is 0.0277. The number of methoxy groups -OCH3 is 1. The summed E-state index contributed by atoms with van der Waals surface area (Å²) in [5.41, 5.74) is 0. The lowest BCUT2D eigenvalue weighted by Gasteiger charge is -2.24. The van der Waals surface area contributed by atoms with Crippen molar-refractivity contribution in [2.75, 3.05) is 13.7 Å². The highest BCUT2D eigenvalue weighted by atomic mass is 16.5. The van der Waals surface area contributed by atoms with E-state index >= 15 is 0 Å². The van der Waals surface area contributed by atoms with E-state index < -0.39 is 0 Å². The number of rotatable bonds is 2. The van der Waals surface area contributed by atoms with Crippen LogP contribution in [-0.4, -0.2) is 30.7 Å². The maximum atomic E-state index is 11.6. The summed E-state index contributed by atoms with van der Waals surface area (Å²) in [7, 11) is 1.66. The Morgan fingerprint density at radius 1 is 1.58 bits per heavy atom. The van der Waals surface area contributed by atoms with Gasteiger partial charge >= 0.3 is 0 Å². The molecule has 1 saturated heterocycles. The molecule has 70 valence electrons. The highest BCUT2D eigenvalue weighted by Crippen LogP contribution is 2.19. The van der Waals surface area contributed by atoms with E-state index in [1.54, 1.807) is 7.11 Å². The van der Waals surface area contributed by atoms with Gasteiger partial charge < -0.3 is 9.64 Å². The molecule has 0 aromatic heterocycles. The lowest BCUT2D eigenvalue weighted by Crippen LogP contribution is -2.38. The number of nitrogens with zero attached hydrogens (tertiary/aromatic N) is 1. The Morgan fingerprint density at radius 2 is 2.25 bits per heavy atom. The summed E-state index contributed by atoms with van der Waals surface area (Å²) < 4.78 is 5.20. The Kier molecular flexibility index (Phi) is 3.09. The van der Waals surface area contributed by atoms with Gasteiger partial charge in [-0.25, -0.2) is 0 Å². The second kappa shape index (κ2) is 3.90. The lowest BCUT2D eigenvalue weighted by atomic mass is 10.2. The average molecular weight is 171 g/mol. The SMILES string of the molecule is COC1CCCN1C(=O)C(C)C. The minimum Gasteiger partial charge on any atom is -0.362 e. The Hall–Kier alpha value is -0.570. The molecule has 1 amide bonds. The maximum Gasteiger partial charge on any atom is 0.227 e. The molecule has 0 N–H and O–H groups in total. The lowest BCUT2D eigenvalue weighted by molar-refractivity contribution is -0.143. The Labute approximate surface area is 73.7 Å². The topological polar surface area (TPSA) is 29.5 Å². The zero-order valence-corrected chi connectivity index (χ0v) is 8.04. The number of carbonyl (C=O) groups is 1. The number of hydrogen-bond donors (Lipinski definition) is 0. The van der Waals surface area contributed by atoms with Crippen LogP contribution in [0.4, 0.5) is 0 Å². The summed E-state index contributed by atoms with van der Waals surface area (Å²) in [6.45, 7) is 4.70. The summed E-state index contributed by atoms with van der Waals surface area (Å²) in [6.07, 6.45) is 2.08. The Balaban J connectivity index is 2.55. The van der Waals surface area contributed by atoms with Crippen LogP contribution in [0, 0.1) is 5.92 Å². The normalized spacial score (nSPS) is 23.7. The standard InChI is InChI=1S/C9H17NO2/c1-7(2)9(11)10-6-4-5-8(10)12-3/h7-8H,4-6H2,1-3H3. The number of carbonyl (C=O) groups excluding carboxylic acids is 1. The van der Waals surface area contributed by atoms with Gasteiger partial charge in [0, 0.05) is 19.6 Å². The molecule has 0 aromatic carbocycles. The molecule has 0 saturated carbocycles. The second-order valence-electron chi connectivity index (χ2n) is 3.52. The molecular formula is C9H17NO2. The van der Waals surface area contributed by atoms with E-state index in [0.29, 0.717) is 0 Å². The van der Waals surface area contributed by atoms with Gasteiger partial charge in [0.15, 0.2) is 0 Å². The molecule has 1 fully saturated rings. The van der Waals surface area contributed by atoms with Crippen molar-refractivity contribution in [1.29, 1.82) is 0 Å². The van der Waals surface area contributed by atoms with E-state index in [1.807, 2.05) is 18.7 Å². The molecule has 1 aliphatic heterocycles. The molecule has 1 rings (SSSR count). The first-order valence-corrected chi connectivity index (χ1v) is 4.50. The van der Waals surface area contributed by atoms with Gasteiger partial charge in [0.2, 0.25) is 5.91 Å². The fraction of sp³-hybridized carbons (Fsp3) is 0.889. The van der Waals surface area contributed by atoms with E-state index in [2.05, 4.69) is 0 Å². The first-order valence-electron chi connectivity index (χ1n) is 4.50. The van der Waals surface area contributed by atoms with Crippen molar-refractivity contribution in [1.82, 2.24) is 4.90 Å². The van der Waals surface area contributed by atoms with Gasteiger partial charge in [0.05, 0.1) is 0 Å². The quantitative estimate of drug-likeness (QED) is 0.625. The molecule has 0 radical (unpaired) electrons. The molecule has 1 atom stereocenters. The third-order valence-corrected chi connectivity index (χ3v) is 2.25. The van der Waals surface area contributed by atoms with Crippen LogP contribution in [0.2, 0.25) is 0 Å². The highest BCUT2D eigenvalue weighted by Gasteiger charge is 2.29. The molecule has 0 aliphatic carbocycles. The average Bonchev–Trinajstić information content (AvgIpc) is 2.49. The fourth-order valence-corrected chi connectivity index (χ4v) is 1.56. The van der Waals surface area contributed by atoms with E-state index in [1.165, 1.54) is 0 Å². The molecule has 3 heteroatoms. The van der Waals surface area contributed by atoms with E-state index in [9.17, 15) is 4.79 Å². The molecule has 1 unspecified atom stereocenters. The van der Waals surface area contributed by atoms with Crippen molar-refractivity contribution in [3.63, 3.8) is 0 Å². The van der Waals surface area contributed by atoms with Gasteiger partial charge in [-0.3, -0.25) is 4.79 Å². The molecule has 0 aromatic rings. The first kappa shape index (κ1) is 9.52. The van der Waals surface area contributed by atoms with Gasteiger partial charge in [0.25, 0.3) is 0 Å². The van der Waals surface area contributed by atoms with Crippen molar-refractivity contribution in [3.8, 4) is 0 Å². The Bertz CT molecular complexity index is 168. The predicted molar refractivity (Wildman–Crippen MR) is 46.6 cm³/mol. The van der Waals surface area contributed by atoms with Crippen molar-refractivity contribution >= 4 is 5.91 Å². The third kappa shape index (κ3) is 1.78. The van der Waals surface area contributed by atoms with Gasteiger partial charge in [-0.2, -0.15) is 0 Å². The van der Waals surface area contributed by atoms with Gasteiger partial charge in [-0.1, -0.05) is 13.8 Å². The first-order chi connectivity index (χ1) is 5.66. The van der Waals surface area contributed by atoms with Crippen LogP contribution in [0.25, 0.3) is 0 Å². The molecular weight excluding hydrogens is 154 g/mol. The van der Waals surface area contributed by atoms with E-state index in [0.717, 1.165) is 19.4 Å². The highest BCUT2D eigenvalue weighted by molar-refractivity contribution is 5.78. The number of likely N-dealkylation sites (tertiary alicyclic amines) is 1. The number of ether oxygens (including phenoxy) is 1. The molecule has 3 nitrogen and oxygen atoms in total. The maximum absolute atomic E-state index is 11.6. The molecule has 0 spiro atoms. The Morgan fingerprint density at radius 3 is 2.75 bits per heavy atom. The van der Waals surface area contributed by atoms with Crippen LogP contribution < -0.4 is 0 Å². The summed E-state index contributed by atoms with van der Waals surface area (Å²) in [4.78, 5) is 13.4. The van der Waals surface area contributed by atoms with Crippen LogP contribution in [0.5, 0.6) is 0 Å². The fourth-order valence-electron chi connectivity index (χ4n) is 1.56. The minimum absolute atomic E-state index is 0.0277. The summed E-state index contributed by atoms with van der Waals surface area (Å²) >= 11 is 0. The van der Waals surface area contributed by atoms with Gasteiger partial charge in [-0.15, -0.1) is 0 Å². The van der Waals surface area contributed by atoms with Gasteiger partial charge in [0.1, 0.15) is 6.23 Å². The zero-order chi connectivity index (χ0) is 9.14. The van der Waals surface area contributed by atoms with Crippen LogP contribution >= 0.6 is 0 Å². The number of amides is 1. The third-order valence-electron chi connectivity index (χ3n) is 2.25. The second-order valence-corrected chi connectivity index (χ2v) is 3.52. The molecule has 1 heterocycles. The van der Waals surface area contributed by atoms with Crippen LogP contribution in [-0.2, 0) is 9.53 Å². The van der Waals surface area contributed by atoms with Crippen molar-refractivity contribution < 1.29 is 9.53 Å². The van der Waals surface area contributed by atoms with Gasteiger partial charge in [-0.05, 0) is 12.8 Å². The molecule has 1 aliphatic rings. The van der Waals surface area contributed by atoms with Crippen LogP contribution in [0.1, 0.15) is 26.7 Å². The molecule has 0 bridgehead atoms.